The van der Waals surface area contributed by atoms with Gasteiger partial charge < -0.3 is 4.57 Å². The summed E-state index contributed by atoms with van der Waals surface area (Å²) in [7, 11) is -1.45. The molecule has 1 aliphatic carbocycles. The van der Waals surface area contributed by atoms with E-state index < -0.39 is 10.0 Å². The monoisotopic (exact) mass is 304 g/mol. The molecule has 4 nitrogen and oxygen atoms in total. The van der Waals surface area contributed by atoms with Gasteiger partial charge in [0.25, 0.3) is 0 Å². The molecule has 1 aromatic carbocycles. The van der Waals surface area contributed by atoms with Crippen LogP contribution in [0.25, 0.3) is 0 Å². The number of hydrogen-bond donors (Lipinski definition) is 1. The lowest BCUT2D eigenvalue weighted by molar-refractivity contribution is 0.581. The van der Waals surface area contributed by atoms with Gasteiger partial charge in [-0.3, -0.25) is 0 Å². The molecule has 0 bridgehead atoms. The zero-order valence-electron chi connectivity index (χ0n) is 12.2. The molecular formula is C16H20N2O2S. The molecule has 112 valence electrons. The molecule has 0 unspecified atom stereocenters. The van der Waals surface area contributed by atoms with Crippen LogP contribution in [0.5, 0.6) is 0 Å². The van der Waals surface area contributed by atoms with Crippen molar-refractivity contribution in [3.8, 4) is 0 Å². The molecule has 0 amide bonds. The van der Waals surface area contributed by atoms with Gasteiger partial charge in [-0.15, -0.1) is 0 Å². The van der Waals surface area contributed by atoms with Crippen molar-refractivity contribution in [1.29, 1.82) is 0 Å². The van der Waals surface area contributed by atoms with E-state index in [0.29, 0.717) is 17.9 Å². The molecule has 5 heteroatoms. The molecule has 1 heterocycles. The number of nitrogens with one attached hydrogen (secondary N) is 1. The van der Waals surface area contributed by atoms with Crippen molar-refractivity contribution in [3.63, 3.8) is 0 Å². The highest BCUT2D eigenvalue weighted by Gasteiger charge is 2.17. The Hall–Kier alpha value is -1.59. The zero-order valence-corrected chi connectivity index (χ0v) is 13.0. The van der Waals surface area contributed by atoms with Crippen molar-refractivity contribution in [2.45, 2.75) is 30.6 Å². The van der Waals surface area contributed by atoms with E-state index in [0.717, 1.165) is 24.8 Å². The second-order valence-corrected chi connectivity index (χ2v) is 7.38. The fraction of sp³-hybridized carbons (Fsp3) is 0.375. The Morgan fingerprint density at radius 2 is 2.00 bits per heavy atom. The summed E-state index contributed by atoms with van der Waals surface area (Å²) in [6, 6.07) is 7.50. The smallest absolute Gasteiger partial charge is 0.240 e. The topological polar surface area (TPSA) is 51.1 Å². The van der Waals surface area contributed by atoms with Crippen molar-refractivity contribution >= 4 is 10.0 Å². The second kappa shape index (κ2) is 5.66. The maximum Gasteiger partial charge on any atom is 0.240 e. The van der Waals surface area contributed by atoms with Crippen LogP contribution < -0.4 is 4.72 Å². The van der Waals surface area contributed by atoms with Gasteiger partial charge in [-0.25, -0.2) is 13.1 Å². The van der Waals surface area contributed by atoms with Crippen LogP contribution in [0, 0.1) is 0 Å². The van der Waals surface area contributed by atoms with Gasteiger partial charge in [0.15, 0.2) is 0 Å². The number of fused-ring (bicyclic) bond motifs is 1. The van der Waals surface area contributed by atoms with Gasteiger partial charge in [0, 0.05) is 26.0 Å². The van der Waals surface area contributed by atoms with E-state index in [2.05, 4.69) is 4.72 Å². The lowest BCUT2D eigenvalue weighted by atomic mass is 10.1. The molecule has 0 saturated carbocycles. The van der Waals surface area contributed by atoms with Crippen molar-refractivity contribution in [1.82, 2.24) is 9.29 Å². The number of hydrogen-bond acceptors (Lipinski definition) is 2. The Bertz CT molecular complexity index is 747. The first-order valence-corrected chi connectivity index (χ1v) is 8.75. The second-order valence-electron chi connectivity index (χ2n) is 5.62. The SMILES string of the molecule is Cn1ccc(CCNS(=O)(=O)c2ccc3c(c2)CCC3)c1. The molecule has 3 rings (SSSR count). The predicted octanol–water partition coefficient (Wildman–Crippen LogP) is 2.03. The summed E-state index contributed by atoms with van der Waals surface area (Å²) in [5, 5.41) is 0. The summed E-state index contributed by atoms with van der Waals surface area (Å²) in [5.74, 6) is 0. The van der Waals surface area contributed by atoms with Crippen molar-refractivity contribution in [2.75, 3.05) is 6.54 Å². The number of aromatic nitrogens is 1. The minimum atomic E-state index is -3.40. The normalized spacial score (nSPS) is 14.3. The maximum absolute atomic E-state index is 12.3. The van der Waals surface area contributed by atoms with Gasteiger partial charge in [-0.05, 0) is 60.6 Å². The molecular weight excluding hydrogens is 284 g/mol. The molecule has 0 spiro atoms. The molecule has 0 aliphatic heterocycles. The van der Waals surface area contributed by atoms with Crippen molar-refractivity contribution in [2.24, 2.45) is 7.05 Å². The number of rotatable bonds is 5. The van der Waals surface area contributed by atoms with E-state index in [1.165, 1.54) is 11.1 Å². The van der Waals surface area contributed by atoms with E-state index in [9.17, 15) is 8.42 Å². The summed E-state index contributed by atoms with van der Waals surface area (Å²) in [4.78, 5) is 0.385. The zero-order chi connectivity index (χ0) is 14.9. The van der Waals surface area contributed by atoms with Crippen LogP contribution in [-0.4, -0.2) is 19.5 Å². The summed E-state index contributed by atoms with van der Waals surface area (Å²) in [6.45, 7) is 0.420. The molecule has 0 radical (unpaired) electrons. The van der Waals surface area contributed by atoms with Gasteiger partial charge in [0.1, 0.15) is 0 Å². The number of nitrogens with zero attached hydrogens (tertiary/aromatic N) is 1. The highest BCUT2D eigenvalue weighted by molar-refractivity contribution is 7.89. The Labute approximate surface area is 125 Å². The Morgan fingerprint density at radius 3 is 2.76 bits per heavy atom. The molecule has 1 N–H and O–H groups in total. The number of benzene rings is 1. The Kier molecular flexibility index (Phi) is 3.87. The first-order valence-electron chi connectivity index (χ1n) is 7.27. The molecule has 1 aromatic heterocycles. The van der Waals surface area contributed by atoms with Crippen molar-refractivity contribution in [3.05, 3.63) is 53.3 Å². The molecule has 0 saturated heterocycles. The van der Waals surface area contributed by atoms with Gasteiger partial charge in [-0.1, -0.05) is 6.07 Å². The van der Waals surface area contributed by atoms with Crippen LogP contribution in [0.15, 0.2) is 41.6 Å². The molecule has 0 fully saturated rings. The van der Waals surface area contributed by atoms with Crippen LogP contribution in [0.4, 0.5) is 0 Å². The first-order chi connectivity index (χ1) is 10.0. The Balaban J connectivity index is 1.66. The van der Waals surface area contributed by atoms with Gasteiger partial charge in [0.2, 0.25) is 10.0 Å². The standard InChI is InChI=1S/C16H20N2O2S/c1-18-10-8-13(12-18)7-9-17-21(19,20)16-6-5-14-3-2-4-15(14)11-16/h5-6,8,10-12,17H,2-4,7,9H2,1H3. The fourth-order valence-corrected chi connectivity index (χ4v) is 3.92. The first kappa shape index (κ1) is 14.4. The molecule has 1 aliphatic rings. The van der Waals surface area contributed by atoms with E-state index in [-0.39, 0.29) is 0 Å². The molecule has 2 aromatic rings. The van der Waals surface area contributed by atoms with Gasteiger partial charge >= 0.3 is 0 Å². The number of sulfonamides is 1. The third-order valence-corrected chi connectivity index (χ3v) is 5.44. The summed E-state index contributed by atoms with van der Waals surface area (Å²) in [6.07, 6.45) is 7.85. The lowest BCUT2D eigenvalue weighted by Gasteiger charge is -2.08. The van der Waals surface area contributed by atoms with Crippen LogP contribution in [-0.2, 0) is 36.3 Å². The highest BCUT2D eigenvalue weighted by atomic mass is 32.2. The van der Waals surface area contributed by atoms with Crippen molar-refractivity contribution < 1.29 is 8.42 Å². The largest absolute Gasteiger partial charge is 0.357 e. The van der Waals surface area contributed by atoms with Gasteiger partial charge in [0.05, 0.1) is 4.90 Å². The third-order valence-electron chi connectivity index (χ3n) is 3.98. The molecule has 21 heavy (non-hydrogen) atoms. The summed E-state index contributed by atoms with van der Waals surface area (Å²) in [5.41, 5.74) is 3.60. The summed E-state index contributed by atoms with van der Waals surface area (Å²) < 4.78 is 29.3. The summed E-state index contributed by atoms with van der Waals surface area (Å²) >= 11 is 0. The highest BCUT2D eigenvalue weighted by Crippen LogP contribution is 2.24. The lowest BCUT2D eigenvalue weighted by Crippen LogP contribution is -2.26. The average molecular weight is 304 g/mol. The quantitative estimate of drug-likeness (QED) is 0.919. The average Bonchev–Trinajstić information content (AvgIpc) is 3.06. The maximum atomic E-state index is 12.3. The Morgan fingerprint density at radius 1 is 1.19 bits per heavy atom. The fourth-order valence-electron chi connectivity index (χ4n) is 2.84. The molecule has 0 atom stereocenters. The van der Waals surface area contributed by atoms with E-state index in [1.54, 1.807) is 6.07 Å². The predicted molar refractivity (Wildman–Crippen MR) is 82.8 cm³/mol. The minimum Gasteiger partial charge on any atom is -0.357 e. The van der Waals surface area contributed by atoms with E-state index in [4.69, 9.17) is 0 Å². The van der Waals surface area contributed by atoms with Crippen LogP contribution >= 0.6 is 0 Å². The van der Waals surface area contributed by atoms with E-state index in [1.807, 2.05) is 42.2 Å². The third kappa shape index (κ3) is 3.19. The number of aryl methyl sites for hydroxylation is 3. The van der Waals surface area contributed by atoms with Crippen LogP contribution in [0.1, 0.15) is 23.1 Å². The van der Waals surface area contributed by atoms with E-state index >= 15 is 0 Å². The van der Waals surface area contributed by atoms with Crippen LogP contribution in [0.2, 0.25) is 0 Å². The van der Waals surface area contributed by atoms with Gasteiger partial charge in [-0.2, -0.15) is 0 Å². The van der Waals surface area contributed by atoms with Crippen LogP contribution in [0.3, 0.4) is 0 Å². The minimum absolute atomic E-state index is 0.385.